The predicted molar refractivity (Wildman–Crippen MR) is 37.6 cm³/mol. The summed E-state index contributed by atoms with van der Waals surface area (Å²) in [5.74, 6) is 0. The summed E-state index contributed by atoms with van der Waals surface area (Å²) < 4.78 is 23.8. The highest BCUT2D eigenvalue weighted by Gasteiger charge is 2.29. The van der Waals surface area contributed by atoms with E-state index in [0.29, 0.717) is 12.8 Å². The van der Waals surface area contributed by atoms with Crippen LogP contribution in [0.2, 0.25) is 0 Å². The van der Waals surface area contributed by atoms with Crippen LogP contribution in [0.3, 0.4) is 0 Å². The molecule has 1 rings (SSSR count). The number of hydrogen-bond acceptors (Lipinski definition) is 2. The number of hydrogen-bond donors (Lipinski definition) is 2. The van der Waals surface area contributed by atoms with Gasteiger partial charge in [-0.05, 0) is 19.8 Å². The number of rotatable bonds is 3. The molecular weight excluding hydrogens is 152 g/mol. The molecule has 0 aliphatic heterocycles. The first-order valence-electron chi connectivity index (χ1n) is 3.82. The third-order valence-electron chi connectivity index (χ3n) is 1.99. The second kappa shape index (κ2) is 3.45. The second-order valence-corrected chi connectivity index (χ2v) is 3.11. The number of halogens is 2. The third kappa shape index (κ3) is 2.38. The minimum absolute atomic E-state index is 0.0917. The molecular formula is C7H13F2NO. The molecule has 0 radical (unpaired) electrons. The maximum Gasteiger partial charge on any atom is 0.253 e. The molecule has 1 aliphatic rings. The molecule has 0 aromatic heterocycles. The van der Waals surface area contributed by atoms with E-state index in [-0.39, 0.29) is 12.1 Å². The lowest BCUT2D eigenvalue weighted by Crippen LogP contribution is -2.49. The molecule has 1 unspecified atom stereocenters. The molecule has 0 amide bonds. The van der Waals surface area contributed by atoms with E-state index in [9.17, 15) is 8.78 Å². The highest BCUT2D eigenvalue weighted by Crippen LogP contribution is 2.20. The number of aliphatic hydroxyl groups excluding tert-OH is 1. The Bertz CT molecular complexity index is 126. The van der Waals surface area contributed by atoms with Crippen molar-refractivity contribution in [3.05, 3.63) is 0 Å². The topological polar surface area (TPSA) is 32.3 Å². The van der Waals surface area contributed by atoms with Crippen LogP contribution in [-0.4, -0.2) is 29.7 Å². The van der Waals surface area contributed by atoms with Gasteiger partial charge in [-0.1, -0.05) is 0 Å². The molecule has 0 aromatic carbocycles. The van der Waals surface area contributed by atoms with E-state index in [1.165, 1.54) is 6.92 Å². The van der Waals surface area contributed by atoms with Gasteiger partial charge in [0.1, 0.15) is 0 Å². The lowest BCUT2D eigenvalue weighted by Gasteiger charge is -2.34. The van der Waals surface area contributed by atoms with Crippen molar-refractivity contribution in [2.75, 3.05) is 0 Å². The zero-order chi connectivity index (χ0) is 8.43. The Balaban J connectivity index is 2.11. The minimum Gasteiger partial charge on any atom is -0.393 e. The van der Waals surface area contributed by atoms with Crippen molar-refractivity contribution in [3.63, 3.8) is 0 Å². The van der Waals surface area contributed by atoms with E-state index in [2.05, 4.69) is 5.32 Å². The van der Waals surface area contributed by atoms with Crippen molar-refractivity contribution in [2.45, 2.75) is 44.4 Å². The molecule has 66 valence electrons. The average Bonchev–Trinajstić information content (AvgIpc) is 1.84. The highest BCUT2D eigenvalue weighted by molar-refractivity contribution is 4.86. The van der Waals surface area contributed by atoms with Crippen molar-refractivity contribution < 1.29 is 13.9 Å². The lowest BCUT2D eigenvalue weighted by atomic mass is 9.89. The molecule has 1 atom stereocenters. The Hall–Kier alpha value is -0.220. The van der Waals surface area contributed by atoms with Crippen molar-refractivity contribution in [3.8, 4) is 0 Å². The van der Waals surface area contributed by atoms with Crippen molar-refractivity contribution >= 4 is 0 Å². The molecule has 0 spiro atoms. The Kier molecular flexibility index (Phi) is 2.78. The smallest absolute Gasteiger partial charge is 0.253 e. The van der Waals surface area contributed by atoms with Crippen LogP contribution in [-0.2, 0) is 0 Å². The van der Waals surface area contributed by atoms with Crippen LogP contribution in [0.4, 0.5) is 8.78 Å². The summed E-state index contributed by atoms with van der Waals surface area (Å²) in [5.41, 5.74) is 0. The number of aliphatic hydroxyl groups is 1. The van der Waals surface area contributed by atoms with Crippen LogP contribution in [0.5, 0.6) is 0 Å². The van der Waals surface area contributed by atoms with Gasteiger partial charge in [0, 0.05) is 6.04 Å². The molecule has 1 fully saturated rings. The van der Waals surface area contributed by atoms with Gasteiger partial charge in [0.25, 0.3) is 6.43 Å². The summed E-state index contributed by atoms with van der Waals surface area (Å²) in [6, 6.07) is -0.665. The van der Waals surface area contributed by atoms with Crippen LogP contribution >= 0.6 is 0 Å². The Morgan fingerprint density at radius 1 is 1.45 bits per heavy atom. The van der Waals surface area contributed by atoms with Crippen molar-refractivity contribution in [1.82, 2.24) is 5.32 Å². The van der Waals surface area contributed by atoms with Gasteiger partial charge in [-0.25, -0.2) is 8.78 Å². The molecule has 0 saturated heterocycles. The minimum atomic E-state index is -2.31. The fourth-order valence-corrected chi connectivity index (χ4v) is 1.17. The summed E-state index contributed by atoms with van der Waals surface area (Å²) in [4.78, 5) is 0. The molecule has 2 nitrogen and oxygen atoms in total. The van der Waals surface area contributed by atoms with Gasteiger partial charge in [0.2, 0.25) is 0 Å². The maximum absolute atomic E-state index is 11.9. The Morgan fingerprint density at radius 3 is 2.36 bits per heavy atom. The van der Waals surface area contributed by atoms with Gasteiger partial charge in [0.15, 0.2) is 0 Å². The maximum atomic E-state index is 11.9. The first kappa shape index (κ1) is 8.87. The normalized spacial score (nSPS) is 33.5. The van der Waals surface area contributed by atoms with E-state index >= 15 is 0 Å². The van der Waals surface area contributed by atoms with Gasteiger partial charge in [0.05, 0.1) is 12.1 Å². The lowest BCUT2D eigenvalue weighted by molar-refractivity contribution is 0.0363. The molecule has 0 heterocycles. The standard InChI is InChI=1S/C7H13F2NO/c1-4(7(8)9)10-5-2-6(11)3-5/h4-7,10-11H,2-3H2,1H3. The van der Waals surface area contributed by atoms with E-state index in [4.69, 9.17) is 5.11 Å². The predicted octanol–water partition coefficient (Wildman–Crippen LogP) is 0.753. The quantitative estimate of drug-likeness (QED) is 0.647. The molecule has 2 N–H and O–H groups in total. The van der Waals surface area contributed by atoms with Crippen LogP contribution in [0.1, 0.15) is 19.8 Å². The fourth-order valence-electron chi connectivity index (χ4n) is 1.17. The van der Waals surface area contributed by atoms with E-state index in [1.807, 2.05) is 0 Å². The van der Waals surface area contributed by atoms with Crippen molar-refractivity contribution in [1.29, 1.82) is 0 Å². The van der Waals surface area contributed by atoms with Gasteiger partial charge in [-0.2, -0.15) is 0 Å². The van der Waals surface area contributed by atoms with Crippen LogP contribution in [0, 0.1) is 0 Å². The molecule has 0 aromatic rings. The molecule has 11 heavy (non-hydrogen) atoms. The summed E-state index contributed by atoms with van der Waals surface area (Å²) in [6.07, 6.45) is -1.38. The third-order valence-corrected chi connectivity index (χ3v) is 1.99. The van der Waals surface area contributed by atoms with Gasteiger partial charge < -0.3 is 10.4 Å². The van der Waals surface area contributed by atoms with E-state index < -0.39 is 12.5 Å². The molecule has 0 bridgehead atoms. The van der Waals surface area contributed by atoms with E-state index in [0.717, 1.165) is 0 Å². The van der Waals surface area contributed by atoms with E-state index in [1.54, 1.807) is 0 Å². The van der Waals surface area contributed by atoms with Gasteiger partial charge in [-0.15, -0.1) is 0 Å². The SMILES string of the molecule is CC(NC1CC(O)C1)C(F)F. The van der Waals surface area contributed by atoms with Gasteiger partial charge in [-0.3, -0.25) is 0 Å². The Labute approximate surface area is 64.6 Å². The fraction of sp³-hybridized carbons (Fsp3) is 1.00. The second-order valence-electron chi connectivity index (χ2n) is 3.11. The van der Waals surface area contributed by atoms with Crippen molar-refractivity contribution in [2.24, 2.45) is 0 Å². The van der Waals surface area contributed by atoms with Gasteiger partial charge >= 0.3 is 0 Å². The molecule has 1 aliphatic carbocycles. The summed E-state index contributed by atoms with van der Waals surface area (Å²) in [6.45, 7) is 1.45. The van der Waals surface area contributed by atoms with Crippen LogP contribution in [0.15, 0.2) is 0 Å². The summed E-state index contributed by atoms with van der Waals surface area (Å²) >= 11 is 0. The Morgan fingerprint density at radius 2 is 2.00 bits per heavy atom. The zero-order valence-corrected chi connectivity index (χ0v) is 6.43. The molecule has 1 saturated carbocycles. The first-order valence-corrected chi connectivity index (χ1v) is 3.82. The van der Waals surface area contributed by atoms with Crippen LogP contribution in [0.25, 0.3) is 0 Å². The molecule has 4 heteroatoms. The number of alkyl halides is 2. The number of nitrogens with one attached hydrogen (secondary N) is 1. The average molecular weight is 165 g/mol. The highest BCUT2D eigenvalue weighted by atomic mass is 19.3. The summed E-state index contributed by atoms with van der Waals surface area (Å²) in [7, 11) is 0. The van der Waals surface area contributed by atoms with Crippen LogP contribution < -0.4 is 5.32 Å². The summed E-state index contributed by atoms with van der Waals surface area (Å²) in [5, 5.41) is 11.6. The monoisotopic (exact) mass is 165 g/mol. The first-order chi connectivity index (χ1) is 5.09. The zero-order valence-electron chi connectivity index (χ0n) is 6.43. The largest absolute Gasteiger partial charge is 0.393 e.